The van der Waals surface area contributed by atoms with Gasteiger partial charge >= 0.3 is 0 Å². The fourth-order valence-electron chi connectivity index (χ4n) is 2.91. The van der Waals surface area contributed by atoms with Crippen molar-refractivity contribution in [2.75, 3.05) is 7.11 Å². The van der Waals surface area contributed by atoms with Crippen molar-refractivity contribution in [1.82, 2.24) is 5.32 Å². The smallest absolute Gasteiger partial charge is 0.123 e. The molecule has 0 radical (unpaired) electrons. The molecule has 0 saturated heterocycles. The Bertz CT molecular complexity index is 419. The molecule has 2 rings (SSSR count). The molecule has 0 aliphatic heterocycles. The Morgan fingerprint density at radius 2 is 2.05 bits per heavy atom. The summed E-state index contributed by atoms with van der Waals surface area (Å²) < 4.78 is 5.43. The summed E-state index contributed by atoms with van der Waals surface area (Å²) in [5, 5.41) is 13.6. The number of nitrogens with one attached hydrogen (secondary N) is 1. The van der Waals surface area contributed by atoms with Crippen molar-refractivity contribution in [3.05, 3.63) is 29.3 Å². The van der Waals surface area contributed by atoms with Crippen LogP contribution in [0, 0.1) is 6.92 Å². The van der Waals surface area contributed by atoms with Crippen LogP contribution in [0.2, 0.25) is 0 Å². The summed E-state index contributed by atoms with van der Waals surface area (Å²) in [5.41, 5.74) is 2.40. The minimum atomic E-state index is -0.216. The van der Waals surface area contributed by atoms with Crippen LogP contribution in [0.25, 0.3) is 0 Å². The molecule has 19 heavy (non-hydrogen) atoms. The number of methoxy groups -OCH3 is 1. The Labute approximate surface area is 116 Å². The molecule has 0 aromatic heterocycles. The molecule has 1 fully saturated rings. The van der Waals surface area contributed by atoms with Gasteiger partial charge in [-0.05, 0) is 32.8 Å². The predicted octanol–water partition coefficient (Wildman–Crippen LogP) is 2.96. The van der Waals surface area contributed by atoms with E-state index in [-0.39, 0.29) is 18.2 Å². The van der Waals surface area contributed by atoms with Crippen molar-refractivity contribution < 1.29 is 9.84 Å². The second-order valence-electron chi connectivity index (χ2n) is 5.59. The fourth-order valence-corrected chi connectivity index (χ4v) is 2.91. The van der Waals surface area contributed by atoms with E-state index in [0.717, 1.165) is 25.0 Å². The van der Waals surface area contributed by atoms with E-state index < -0.39 is 0 Å². The maximum atomic E-state index is 10.1. The lowest BCUT2D eigenvalue weighted by atomic mass is 9.91. The number of aliphatic hydroxyl groups excluding tert-OH is 1. The summed E-state index contributed by atoms with van der Waals surface area (Å²) >= 11 is 0. The van der Waals surface area contributed by atoms with Crippen LogP contribution < -0.4 is 10.1 Å². The van der Waals surface area contributed by atoms with Gasteiger partial charge in [-0.2, -0.15) is 0 Å². The molecule has 0 bridgehead atoms. The summed E-state index contributed by atoms with van der Waals surface area (Å²) in [5.74, 6) is 0.913. The Hall–Kier alpha value is -1.06. The zero-order chi connectivity index (χ0) is 13.8. The Balaban J connectivity index is 2.10. The van der Waals surface area contributed by atoms with Gasteiger partial charge in [-0.15, -0.1) is 0 Å². The van der Waals surface area contributed by atoms with Crippen LogP contribution in [0.5, 0.6) is 5.75 Å². The number of ether oxygens (including phenoxy) is 1. The second-order valence-corrected chi connectivity index (χ2v) is 5.59. The summed E-state index contributed by atoms with van der Waals surface area (Å²) in [7, 11) is 1.70. The normalized spacial score (nSPS) is 25.1. The number of rotatable bonds is 4. The van der Waals surface area contributed by atoms with Gasteiger partial charge in [0.05, 0.1) is 13.2 Å². The maximum Gasteiger partial charge on any atom is 0.123 e. The summed E-state index contributed by atoms with van der Waals surface area (Å²) in [6.45, 7) is 4.23. The molecule has 1 aliphatic carbocycles. The van der Waals surface area contributed by atoms with E-state index >= 15 is 0 Å². The molecule has 3 unspecified atom stereocenters. The van der Waals surface area contributed by atoms with Crippen molar-refractivity contribution in [1.29, 1.82) is 0 Å². The molecule has 3 heteroatoms. The summed E-state index contributed by atoms with van der Waals surface area (Å²) in [6.07, 6.45) is 4.09. The van der Waals surface area contributed by atoms with Crippen LogP contribution in [-0.4, -0.2) is 24.4 Å². The van der Waals surface area contributed by atoms with Crippen molar-refractivity contribution >= 4 is 0 Å². The number of benzene rings is 1. The van der Waals surface area contributed by atoms with Gasteiger partial charge in [0.2, 0.25) is 0 Å². The van der Waals surface area contributed by atoms with Crippen LogP contribution >= 0.6 is 0 Å². The molecule has 0 heterocycles. The van der Waals surface area contributed by atoms with Crippen LogP contribution in [-0.2, 0) is 0 Å². The van der Waals surface area contributed by atoms with Crippen LogP contribution in [0.1, 0.15) is 49.8 Å². The van der Waals surface area contributed by atoms with Crippen molar-refractivity contribution in [2.24, 2.45) is 0 Å². The number of aliphatic hydroxyl groups is 1. The first-order valence-electron chi connectivity index (χ1n) is 7.20. The standard InChI is InChI=1S/C16H25NO2/c1-11-8-9-16(19-3)13(10-11)12(2)17-14-6-4-5-7-15(14)18/h8-10,12,14-15,17-18H,4-7H2,1-3H3. The first-order valence-corrected chi connectivity index (χ1v) is 7.20. The molecule has 1 aliphatic rings. The third-order valence-corrected chi connectivity index (χ3v) is 4.05. The molecule has 1 aromatic rings. The highest BCUT2D eigenvalue weighted by atomic mass is 16.5. The highest BCUT2D eigenvalue weighted by molar-refractivity contribution is 5.38. The van der Waals surface area contributed by atoms with Gasteiger partial charge < -0.3 is 15.2 Å². The molecule has 3 nitrogen and oxygen atoms in total. The zero-order valence-electron chi connectivity index (χ0n) is 12.1. The van der Waals surface area contributed by atoms with Gasteiger partial charge in [0, 0.05) is 17.6 Å². The van der Waals surface area contributed by atoms with Crippen LogP contribution in [0.4, 0.5) is 0 Å². The average molecular weight is 263 g/mol. The largest absolute Gasteiger partial charge is 0.496 e. The van der Waals surface area contributed by atoms with Gasteiger partial charge in [0.1, 0.15) is 5.75 Å². The van der Waals surface area contributed by atoms with Gasteiger partial charge in [0.15, 0.2) is 0 Å². The van der Waals surface area contributed by atoms with E-state index in [0.29, 0.717) is 0 Å². The number of aryl methyl sites for hydroxylation is 1. The fraction of sp³-hybridized carbons (Fsp3) is 0.625. The van der Waals surface area contributed by atoms with E-state index in [2.05, 4.69) is 31.3 Å². The van der Waals surface area contributed by atoms with Crippen molar-refractivity contribution in [2.45, 2.75) is 57.7 Å². The minimum Gasteiger partial charge on any atom is -0.496 e. The third-order valence-electron chi connectivity index (χ3n) is 4.05. The van der Waals surface area contributed by atoms with Gasteiger partial charge in [-0.1, -0.05) is 30.5 Å². The van der Waals surface area contributed by atoms with Gasteiger partial charge in [-0.3, -0.25) is 0 Å². The van der Waals surface area contributed by atoms with E-state index in [4.69, 9.17) is 4.74 Å². The topological polar surface area (TPSA) is 41.5 Å². The number of hydrogen-bond donors (Lipinski definition) is 2. The van der Waals surface area contributed by atoms with Crippen LogP contribution in [0.15, 0.2) is 18.2 Å². The molecular formula is C16H25NO2. The van der Waals surface area contributed by atoms with E-state index in [1.807, 2.05) is 6.07 Å². The predicted molar refractivity (Wildman–Crippen MR) is 77.5 cm³/mol. The SMILES string of the molecule is COc1ccc(C)cc1C(C)NC1CCCCC1O. The van der Waals surface area contributed by atoms with Crippen molar-refractivity contribution in [3.8, 4) is 5.75 Å². The first-order chi connectivity index (χ1) is 9.11. The number of hydrogen-bond acceptors (Lipinski definition) is 3. The van der Waals surface area contributed by atoms with Crippen LogP contribution in [0.3, 0.4) is 0 Å². The quantitative estimate of drug-likeness (QED) is 0.877. The summed E-state index contributed by atoms with van der Waals surface area (Å²) in [6, 6.07) is 6.62. The van der Waals surface area contributed by atoms with E-state index in [1.165, 1.54) is 17.5 Å². The Kier molecular flexibility index (Phi) is 4.83. The first kappa shape index (κ1) is 14.4. The molecule has 1 saturated carbocycles. The van der Waals surface area contributed by atoms with Crippen molar-refractivity contribution in [3.63, 3.8) is 0 Å². The van der Waals surface area contributed by atoms with Gasteiger partial charge in [0.25, 0.3) is 0 Å². The van der Waals surface area contributed by atoms with E-state index in [1.54, 1.807) is 7.11 Å². The molecule has 106 valence electrons. The minimum absolute atomic E-state index is 0.188. The lowest BCUT2D eigenvalue weighted by molar-refractivity contribution is 0.0858. The molecule has 0 spiro atoms. The lowest BCUT2D eigenvalue weighted by Gasteiger charge is -2.31. The second kappa shape index (κ2) is 6.40. The van der Waals surface area contributed by atoms with E-state index in [9.17, 15) is 5.11 Å². The molecular weight excluding hydrogens is 238 g/mol. The zero-order valence-corrected chi connectivity index (χ0v) is 12.1. The Morgan fingerprint density at radius 3 is 2.74 bits per heavy atom. The van der Waals surface area contributed by atoms with Gasteiger partial charge in [-0.25, -0.2) is 0 Å². The molecule has 1 aromatic carbocycles. The lowest BCUT2D eigenvalue weighted by Crippen LogP contribution is -2.43. The molecule has 2 N–H and O–H groups in total. The monoisotopic (exact) mass is 263 g/mol. The Morgan fingerprint density at radius 1 is 1.32 bits per heavy atom. The maximum absolute atomic E-state index is 10.1. The molecule has 0 amide bonds. The molecule has 3 atom stereocenters. The third kappa shape index (κ3) is 3.48. The highest BCUT2D eigenvalue weighted by Crippen LogP contribution is 2.28. The average Bonchev–Trinajstić information content (AvgIpc) is 2.41. The summed E-state index contributed by atoms with van der Waals surface area (Å²) in [4.78, 5) is 0. The highest BCUT2D eigenvalue weighted by Gasteiger charge is 2.25.